The van der Waals surface area contributed by atoms with Crippen LogP contribution in [0.4, 0.5) is 0 Å². The number of rotatable bonds is 3. The first-order chi connectivity index (χ1) is 9.65. The van der Waals surface area contributed by atoms with E-state index in [-0.39, 0.29) is 5.56 Å². The summed E-state index contributed by atoms with van der Waals surface area (Å²) in [5, 5.41) is 15.1. The zero-order valence-electron chi connectivity index (χ0n) is 9.91. The number of aromatic nitrogens is 2. The van der Waals surface area contributed by atoms with Crippen LogP contribution in [0.5, 0.6) is 0 Å². The lowest BCUT2D eigenvalue weighted by molar-refractivity contribution is 0.0697. The molecular weight excluding hydrogens is 300 g/mol. The van der Waals surface area contributed by atoms with Crippen molar-refractivity contribution in [2.45, 2.75) is 0 Å². The van der Waals surface area contributed by atoms with Crippen molar-refractivity contribution < 1.29 is 14.4 Å². The third kappa shape index (κ3) is 2.31. The van der Waals surface area contributed by atoms with E-state index in [2.05, 4.69) is 10.1 Å². The number of carbonyl (C=O) groups is 1. The molecule has 0 amide bonds. The molecule has 2 aromatic heterocycles. The minimum atomic E-state index is -0.976. The molecule has 0 saturated carbocycles. The van der Waals surface area contributed by atoms with E-state index in [1.165, 1.54) is 23.5 Å². The lowest BCUT2D eigenvalue weighted by Crippen LogP contribution is -1.95. The lowest BCUT2D eigenvalue weighted by atomic mass is 10.1. The average Bonchev–Trinajstić information content (AvgIpc) is 3.07. The molecule has 0 aliphatic carbocycles. The van der Waals surface area contributed by atoms with Crippen LogP contribution < -0.4 is 0 Å². The highest BCUT2D eigenvalue weighted by atomic mass is 35.5. The molecule has 0 bridgehead atoms. The van der Waals surface area contributed by atoms with Crippen molar-refractivity contribution in [3.8, 4) is 22.2 Å². The number of carboxylic acids is 1. The number of nitrogens with zero attached hydrogens (tertiary/aromatic N) is 2. The van der Waals surface area contributed by atoms with Crippen molar-refractivity contribution in [3.63, 3.8) is 0 Å². The Balaban J connectivity index is 1.94. The third-order valence-electron chi connectivity index (χ3n) is 2.63. The third-order valence-corrected chi connectivity index (χ3v) is 3.96. The van der Waals surface area contributed by atoms with Crippen LogP contribution in [0.15, 0.2) is 40.2 Å². The molecule has 2 heterocycles. The number of hydrogen-bond acceptors (Lipinski definition) is 5. The Bertz CT molecular complexity index is 764. The zero-order chi connectivity index (χ0) is 14.1. The van der Waals surface area contributed by atoms with Gasteiger partial charge in [-0.05, 0) is 23.6 Å². The van der Waals surface area contributed by atoms with E-state index in [0.717, 1.165) is 0 Å². The van der Waals surface area contributed by atoms with Crippen molar-refractivity contribution in [1.82, 2.24) is 10.1 Å². The molecule has 3 aromatic rings. The monoisotopic (exact) mass is 306 g/mol. The maximum atomic E-state index is 10.8. The van der Waals surface area contributed by atoms with Crippen molar-refractivity contribution in [2.24, 2.45) is 0 Å². The van der Waals surface area contributed by atoms with Gasteiger partial charge >= 0.3 is 5.97 Å². The second kappa shape index (κ2) is 5.07. The first-order valence-electron chi connectivity index (χ1n) is 5.56. The van der Waals surface area contributed by atoms with Gasteiger partial charge in [-0.2, -0.15) is 4.98 Å². The molecule has 0 aliphatic heterocycles. The molecule has 5 nitrogen and oxygen atoms in total. The first kappa shape index (κ1) is 12.8. The summed E-state index contributed by atoms with van der Waals surface area (Å²) in [6.07, 6.45) is 0. The quantitative estimate of drug-likeness (QED) is 0.796. The van der Waals surface area contributed by atoms with Gasteiger partial charge in [-0.15, -0.1) is 11.3 Å². The van der Waals surface area contributed by atoms with Crippen LogP contribution in [0.25, 0.3) is 22.2 Å². The van der Waals surface area contributed by atoms with Crippen LogP contribution in [0.2, 0.25) is 5.02 Å². The van der Waals surface area contributed by atoms with Crippen molar-refractivity contribution >= 4 is 28.9 Å². The van der Waals surface area contributed by atoms with Gasteiger partial charge in [0.2, 0.25) is 5.82 Å². The van der Waals surface area contributed by atoms with Crippen LogP contribution in [0, 0.1) is 0 Å². The summed E-state index contributed by atoms with van der Waals surface area (Å²) in [5.74, 6) is -0.237. The number of aromatic carboxylic acids is 1. The predicted molar refractivity (Wildman–Crippen MR) is 75.0 cm³/mol. The van der Waals surface area contributed by atoms with Crippen LogP contribution in [0.1, 0.15) is 10.4 Å². The van der Waals surface area contributed by atoms with E-state index >= 15 is 0 Å². The summed E-state index contributed by atoms with van der Waals surface area (Å²) in [6.45, 7) is 0. The summed E-state index contributed by atoms with van der Waals surface area (Å²) in [7, 11) is 0. The average molecular weight is 307 g/mol. The van der Waals surface area contributed by atoms with Gasteiger partial charge in [0.15, 0.2) is 0 Å². The largest absolute Gasteiger partial charge is 0.478 e. The molecule has 100 valence electrons. The second-order valence-electron chi connectivity index (χ2n) is 3.90. The Morgan fingerprint density at radius 1 is 1.25 bits per heavy atom. The highest BCUT2D eigenvalue weighted by molar-refractivity contribution is 7.14. The number of halogens is 1. The Kier molecular flexibility index (Phi) is 3.25. The molecule has 0 radical (unpaired) electrons. The Labute approximate surface area is 122 Å². The molecule has 20 heavy (non-hydrogen) atoms. The fourth-order valence-electron chi connectivity index (χ4n) is 1.64. The van der Waals surface area contributed by atoms with Gasteiger partial charge in [-0.3, -0.25) is 0 Å². The molecule has 0 spiro atoms. The Morgan fingerprint density at radius 2 is 2.00 bits per heavy atom. The van der Waals surface area contributed by atoms with Gasteiger partial charge in [-0.1, -0.05) is 28.9 Å². The van der Waals surface area contributed by atoms with Gasteiger partial charge in [0.1, 0.15) is 4.88 Å². The topological polar surface area (TPSA) is 76.2 Å². The maximum Gasteiger partial charge on any atom is 0.335 e. The summed E-state index contributed by atoms with van der Waals surface area (Å²) >= 11 is 7.41. The molecule has 1 aromatic carbocycles. The SMILES string of the molecule is O=C(O)c1ccc(-c2noc(-c3sccc3Cl)n2)cc1. The Morgan fingerprint density at radius 3 is 2.60 bits per heavy atom. The fourth-order valence-corrected chi connectivity index (χ4v) is 2.70. The molecular formula is C13H7ClN2O3S. The summed E-state index contributed by atoms with van der Waals surface area (Å²) < 4.78 is 5.17. The van der Waals surface area contributed by atoms with Gasteiger partial charge in [0.05, 0.1) is 10.6 Å². The molecule has 0 unspecified atom stereocenters. The number of hydrogen-bond donors (Lipinski definition) is 1. The molecule has 0 fully saturated rings. The fraction of sp³-hybridized carbons (Fsp3) is 0. The van der Waals surface area contributed by atoms with Crippen molar-refractivity contribution in [3.05, 3.63) is 46.3 Å². The van der Waals surface area contributed by atoms with E-state index in [9.17, 15) is 4.79 Å². The van der Waals surface area contributed by atoms with E-state index in [4.69, 9.17) is 21.2 Å². The molecule has 1 N–H and O–H groups in total. The predicted octanol–water partition coefficient (Wildman–Crippen LogP) is 3.82. The minimum absolute atomic E-state index is 0.207. The standard InChI is InChI=1S/C13H7ClN2O3S/c14-9-5-6-20-10(9)12-15-11(16-19-12)7-1-3-8(4-2-7)13(17)18/h1-6H,(H,17,18). The van der Waals surface area contributed by atoms with Gasteiger partial charge in [0.25, 0.3) is 5.89 Å². The number of benzene rings is 1. The zero-order valence-corrected chi connectivity index (χ0v) is 11.5. The highest BCUT2D eigenvalue weighted by Gasteiger charge is 2.14. The molecule has 0 aliphatic rings. The lowest BCUT2D eigenvalue weighted by Gasteiger charge is -1.95. The van der Waals surface area contributed by atoms with Crippen LogP contribution in [-0.2, 0) is 0 Å². The van der Waals surface area contributed by atoms with E-state index in [1.807, 2.05) is 5.38 Å². The first-order valence-corrected chi connectivity index (χ1v) is 6.82. The normalized spacial score (nSPS) is 10.7. The summed E-state index contributed by atoms with van der Waals surface area (Å²) in [5.41, 5.74) is 0.886. The van der Waals surface area contributed by atoms with Crippen molar-refractivity contribution in [1.29, 1.82) is 0 Å². The van der Waals surface area contributed by atoms with Crippen LogP contribution >= 0.6 is 22.9 Å². The highest BCUT2D eigenvalue weighted by Crippen LogP contribution is 2.33. The Hall–Kier alpha value is -2.18. The van der Waals surface area contributed by atoms with Gasteiger partial charge in [-0.25, -0.2) is 4.79 Å². The minimum Gasteiger partial charge on any atom is -0.478 e. The van der Waals surface area contributed by atoms with E-state index < -0.39 is 5.97 Å². The smallest absolute Gasteiger partial charge is 0.335 e. The van der Waals surface area contributed by atoms with Gasteiger partial charge < -0.3 is 9.63 Å². The number of carboxylic acid groups (broad SMARTS) is 1. The second-order valence-corrected chi connectivity index (χ2v) is 5.23. The van der Waals surface area contributed by atoms with Crippen molar-refractivity contribution in [2.75, 3.05) is 0 Å². The van der Waals surface area contributed by atoms with E-state index in [0.29, 0.717) is 27.2 Å². The summed E-state index contributed by atoms with van der Waals surface area (Å²) in [4.78, 5) is 15.8. The molecule has 0 atom stereocenters. The molecule has 3 rings (SSSR count). The van der Waals surface area contributed by atoms with Gasteiger partial charge in [0, 0.05) is 5.56 Å². The number of thiophene rings is 1. The molecule has 7 heteroatoms. The van der Waals surface area contributed by atoms with Crippen LogP contribution in [0.3, 0.4) is 0 Å². The summed E-state index contributed by atoms with van der Waals surface area (Å²) in [6, 6.07) is 8.01. The van der Waals surface area contributed by atoms with Crippen LogP contribution in [-0.4, -0.2) is 21.2 Å². The van der Waals surface area contributed by atoms with E-state index in [1.54, 1.807) is 18.2 Å². The molecule has 0 saturated heterocycles. The maximum absolute atomic E-state index is 10.8.